The van der Waals surface area contributed by atoms with Crippen LogP contribution in [0.2, 0.25) is 0 Å². The van der Waals surface area contributed by atoms with E-state index in [1.54, 1.807) is 19.2 Å². The van der Waals surface area contributed by atoms with E-state index >= 15 is 0 Å². The molecule has 0 atom stereocenters. The Hall–Kier alpha value is -2.81. The van der Waals surface area contributed by atoms with Crippen LogP contribution in [-0.4, -0.2) is 12.9 Å². The van der Waals surface area contributed by atoms with Crippen LogP contribution in [0, 0.1) is 0 Å². The second kappa shape index (κ2) is 9.48. The van der Waals surface area contributed by atoms with Crippen molar-refractivity contribution >= 4 is 5.78 Å². The molecule has 0 aliphatic heterocycles. The molecule has 2 aromatic carbocycles. The van der Waals surface area contributed by atoms with Crippen LogP contribution in [0.3, 0.4) is 0 Å². The summed E-state index contributed by atoms with van der Waals surface area (Å²) < 4.78 is 10.9. The van der Waals surface area contributed by atoms with E-state index in [1.165, 1.54) is 0 Å². The molecule has 0 saturated carbocycles. The van der Waals surface area contributed by atoms with Crippen molar-refractivity contribution in [1.82, 2.24) is 0 Å². The van der Waals surface area contributed by atoms with Gasteiger partial charge >= 0.3 is 0 Å². The first-order valence-electron chi connectivity index (χ1n) is 8.51. The first-order valence-corrected chi connectivity index (χ1v) is 8.51. The Morgan fingerprint density at radius 2 is 1.44 bits per heavy atom. The quantitative estimate of drug-likeness (QED) is 0.338. The van der Waals surface area contributed by atoms with Crippen LogP contribution >= 0.6 is 0 Å². The van der Waals surface area contributed by atoms with Crippen molar-refractivity contribution in [3.8, 4) is 17.2 Å². The summed E-state index contributed by atoms with van der Waals surface area (Å²) in [6.07, 6.45) is 7.58. The number of allylic oxidation sites excluding steroid dienone is 4. The van der Waals surface area contributed by atoms with E-state index in [4.69, 9.17) is 9.47 Å². The summed E-state index contributed by atoms with van der Waals surface area (Å²) in [5, 5.41) is 0. The summed E-state index contributed by atoms with van der Waals surface area (Å²) in [6.45, 7) is 4.08. The fourth-order valence-corrected chi connectivity index (χ4v) is 2.32. The second-order valence-corrected chi connectivity index (χ2v) is 5.51. The van der Waals surface area contributed by atoms with Gasteiger partial charge < -0.3 is 9.47 Å². The number of Topliss-reactive ketones (excluding diaryl/α,β-unsaturated/α-hetero) is 1. The van der Waals surface area contributed by atoms with Gasteiger partial charge in [0.1, 0.15) is 17.2 Å². The minimum atomic E-state index is 0.0301. The van der Waals surface area contributed by atoms with Crippen molar-refractivity contribution in [3.05, 3.63) is 77.9 Å². The average molecular weight is 336 g/mol. The molecule has 3 nitrogen and oxygen atoms in total. The van der Waals surface area contributed by atoms with Gasteiger partial charge in [0, 0.05) is 11.1 Å². The Labute approximate surface area is 149 Å². The normalized spacial score (nSPS) is 11.6. The van der Waals surface area contributed by atoms with Gasteiger partial charge in [-0.15, -0.1) is 0 Å². The van der Waals surface area contributed by atoms with Gasteiger partial charge in [-0.3, -0.25) is 4.79 Å². The number of ketones is 1. The SMILES string of the molecule is CC/C=C\C(=C/CC)C(=O)c1ccc(Oc2ccc(OC)cc2)cc1. The highest BCUT2D eigenvalue weighted by Gasteiger charge is 2.09. The highest BCUT2D eigenvalue weighted by molar-refractivity contribution is 6.10. The van der Waals surface area contributed by atoms with Gasteiger partial charge in [-0.2, -0.15) is 0 Å². The lowest BCUT2D eigenvalue weighted by atomic mass is 10.0. The van der Waals surface area contributed by atoms with Crippen LogP contribution in [0.1, 0.15) is 37.0 Å². The number of rotatable bonds is 8. The second-order valence-electron chi connectivity index (χ2n) is 5.51. The van der Waals surface area contributed by atoms with Gasteiger partial charge in [-0.1, -0.05) is 32.1 Å². The highest BCUT2D eigenvalue weighted by atomic mass is 16.5. The highest BCUT2D eigenvalue weighted by Crippen LogP contribution is 2.24. The fraction of sp³-hybridized carbons (Fsp3) is 0.227. The third kappa shape index (κ3) is 5.35. The lowest BCUT2D eigenvalue weighted by Crippen LogP contribution is -2.01. The van der Waals surface area contributed by atoms with E-state index in [9.17, 15) is 4.79 Å². The molecule has 130 valence electrons. The largest absolute Gasteiger partial charge is 0.497 e. The molecule has 0 radical (unpaired) electrons. The molecule has 25 heavy (non-hydrogen) atoms. The van der Waals surface area contributed by atoms with Gasteiger partial charge in [0.15, 0.2) is 5.78 Å². The number of ether oxygens (including phenoxy) is 2. The minimum absolute atomic E-state index is 0.0301. The number of methoxy groups -OCH3 is 1. The van der Waals surface area contributed by atoms with E-state index in [2.05, 4.69) is 6.92 Å². The number of carbonyl (C=O) groups excluding carboxylic acids is 1. The average Bonchev–Trinajstić information content (AvgIpc) is 2.66. The van der Waals surface area contributed by atoms with Gasteiger partial charge in [-0.05, 0) is 61.4 Å². The Morgan fingerprint density at radius 3 is 1.96 bits per heavy atom. The van der Waals surface area contributed by atoms with Crippen molar-refractivity contribution in [2.75, 3.05) is 7.11 Å². The van der Waals surface area contributed by atoms with Crippen LogP contribution in [0.15, 0.2) is 72.3 Å². The molecule has 0 aromatic heterocycles. The Balaban J connectivity index is 2.11. The zero-order valence-corrected chi connectivity index (χ0v) is 15.0. The Bertz CT molecular complexity index is 738. The minimum Gasteiger partial charge on any atom is -0.497 e. The molecule has 0 spiro atoms. The third-order valence-corrected chi connectivity index (χ3v) is 3.63. The van der Waals surface area contributed by atoms with Crippen LogP contribution in [0.4, 0.5) is 0 Å². The predicted octanol–water partition coefficient (Wildman–Crippen LogP) is 5.97. The zero-order valence-electron chi connectivity index (χ0n) is 15.0. The zero-order chi connectivity index (χ0) is 18.1. The molecular weight excluding hydrogens is 312 g/mol. The molecule has 2 aromatic rings. The molecule has 2 rings (SSSR count). The van der Waals surface area contributed by atoms with Crippen LogP contribution in [-0.2, 0) is 0 Å². The topological polar surface area (TPSA) is 35.5 Å². The van der Waals surface area contributed by atoms with Gasteiger partial charge in [0.25, 0.3) is 0 Å². The molecule has 0 saturated heterocycles. The van der Waals surface area contributed by atoms with Gasteiger partial charge in [-0.25, -0.2) is 0 Å². The molecule has 0 N–H and O–H groups in total. The van der Waals surface area contributed by atoms with E-state index in [0.717, 1.165) is 29.9 Å². The Morgan fingerprint density at radius 1 is 0.880 bits per heavy atom. The van der Waals surface area contributed by atoms with E-state index < -0.39 is 0 Å². The summed E-state index contributed by atoms with van der Waals surface area (Å²) in [6, 6.07) is 14.6. The first kappa shape index (κ1) is 18.5. The standard InChI is InChI=1S/C22H24O3/c1-4-6-8-17(7-5-2)22(23)18-9-11-20(12-10-18)25-21-15-13-19(24-3)14-16-21/h6-16H,4-5H2,1-3H3/b8-6-,17-7+. The Kier molecular flexibility index (Phi) is 7.02. The summed E-state index contributed by atoms with van der Waals surface area (Å²) in [5.74, 6) is 2.22. The summed E-state index contributed by atoms with van der Waals surface area (Å²) in [7, 11) is 1.63. The van der Waals surface area contributed by atoms with E-state index in [-0.39, 0.29) is 5.78 Å². The fourth-order valence-electron chi connectivity index (χ4n) is 2.32. The number of carbonyl (C=O) groups is 1. The maximum absolute atomic E-state index is 12.6. The molecule has 0 aliphatic rings. The monoisotopic (exact) mass is 336 g/mol. The predicted molar refractivity (Wildman–Crippen MR) is 102 cm³/mol. The van der Waals surface area contributed by atoms with Crippen LogP contribution < -0.4 is 9.47 Å². The van der Waals surface area contributed by atoms with Crippen molar-refractivity contribution in [3.63, 3.8) is 0 Å². The number of benzene rings is 2. The molecule has 0 amide bonds. The molecular formula is C22H24O3. The lowest BCUT2D eigenvalue weighted by molar-refractivity contribution is 0.103. The van der Waals surface area contributed by atoms with Crippen LogP contribution in [0.25, 0.3) is 0 Å². The maximum atomic E-state index is 12.6. The number of hydrogen-bond acceptors (Lipinski definition) is 3. The molecule has 0 aliphatic carbocycles. The summed E-state index contributed by atoms with van der Waals surface area (Å²) in [4.78, 5) is 12.6. The molecule has 0 heterocycles. The van der Waals surface area contributed by atoms with Crippen molar-refractivity contribution in [2.45, 2.75) is 26.7 Å². The van der Waals surface area contributed by atoms with Crippen molar-refractivity contribution < 1.29 is 14.3 Å². The third-order valence-electron chi connectivity index (χ3n) is 3.63. The summed E-state index contributed by atoms with van der Waals surface area (Å²) >= 11 is 0. The summed E-state index contributed by atoms with van der Waals surface area (Å²) in [5.41, 5.74) is 1.38. The van der Waals surface area contributed by atoms with Gasteiger partial charge in [0.05, 0.1) is 7.11 Å². The van der Waals surface area contributed by atoms with Crippen molar-refractivity contribution in [2.24, 2.45) is 0 Å². The number of hydrogen-bond donors (Lipinski definition) is 0. The van der Waals surface area contributed by atoms with E-state index in [0.29, 0.717) is 11.3 Å². The van der Waals surface area contributed by atoms with Crippen molar-refractivity contribution in [1.29, 1.82) is 0 Å². The lowest BCUT2D eigenvalue weighted by Gasteiger charge is -2.08. The van der Waals surface area contributed by atoms with Gasteiger partial charge in [0.2, 0.25) is 0 Å². The molecule has 0 unspecified atom stereocenters. The molecule has 0 fully saturated rings. The molecule has 0 bridgehead atoms. The smallest absolute Gasteiger partial charge is 0.192 e. The van der Waals surface area contributed by atoms with E-state index in [1.807, 2.05) is 61.5 Å². The first-order chi connectivity index (χ1) is 12.2. The maximum Gasteiger partial charge on any atom is 0.192 e. The molecule has 3 heteroatoms. The van der Waals surface area contributed by atoms with Crippen LogP contribution in [0.5, 0.6) is 17.2 Å².